The van der Waals surface area contributed by atoms with Gasteiger partial charge in [-0.2, -0.15) is 0 Å². The molecule has 6 heteroatoms. The van der Waals surface area contributed by atoms with Crippen LogP contribution in [0.25, 0.3) is 6.08 Å². The number of Topliss-reactive ketones (excluding diaryl/α,β-unsaturated/α-hetero) is 1. The van der Waals surface area contributed by atoms with Crippen molar-refractivity contribution in [3.8, 4) is 11.5 Å². The summed E-state index contributed by atoms with van der Waals surface area (Å²) in [5.41, 5.74) is 0.412. The third-order valence-electron chi connectivity index (χ3n) is 4.42. The highest BCUT2D eigenvalue weighted by Crippen LogP contribution is 2.35. The van der Waals surface area contributed by atoms with Crippen LogP contribution in [0, 0.1) is 5.41 Å². The Morgan fingerprint density at radius 3 is 2.69 bits per heavy atom. The van der Waals surface area contributed by atoms with Crippen LogP contribution in [0.1, 0.15) is 32.8 Å². The Labute approximate surface area is 152 Å². The van der Waals surface area contributed by atoms with Crippen LogP contribution < -0.4 is 4.74 Å². The molecule has 0 saturated heterocycles. The van der Waals surface area contributed by atoms with Crippen molar-refractivity contribution in [2.75, 3.05) is 7.11 Å². The van der Waals surface area contributed by atoms with E-state index in [0.717, 1.165) is 0 Å². The van der Waals surface area contributed by atoms with Gasteiger partial charge in [-0.15, -0.1) is 0 Å². The van der Waals surface area contributed by atoms with E-state index in [2.05, 4.69) is 0 Å². The number of allylic oxidation sites excluding steroid dienone is 1. The van der Waals surface area contributed by atoms with E-state index in [1.54, 1.807) is 32.9 Å². The Morgan fingerprint density at radius 2 is 2.04 bits per heavy atom. The van der Waals surface area contributed by atoms with Crippen LogP contribution in [0.15, 0.2) is 35.9 Å². The molecular formula is C20H24O6. The number of carbonyl (C=O) groups is 2. The van der Waals surface area contributed by atoms with Gasteiger partial charge in [-0.05, 0) is 42.3 Å². The van der Waals surface area contributed by atoms with E-state index in [1.807, 2.05) is 0 Å². The zero-order chi connectivity index (χ0) is 19.5. The summed E-state index contributed by atoms with van der Waals surface area (Å²) in [5, 5.41) is 19.9. The molecule has 1 aromatic carbocycles. The lowest BCUT2D eigenvalue weighted by atomic mass is 9.80. The SMILES string of the molecule is COc1cc(C=CC(=O)OC2C(O)C=C(C)C(=O)CC2(C)C)ccc1O. The maximum Gasteiger partial charge on any atom is 0.331 e. The third kappa shape index (κ3) is 4.52. The van der Waals surface area contributed by atoms with Crippen molar-refractivity contribution in [3.63, 3.8) is 0 Å². The second kappa shape index (κ2) is 7.74. The van der Waals surface area contributed by atoms with Crippen LogP contribution in [0.2, 0.25) is 0 Å². The predicted octanol–water partition coefficient (Wildman–Crippen LogP) is 2.63. The molecule has 2 N–H and O–H groups in total. The second-order valence-corrected chi connectivity index (χ2v) is 7.05. The van der Waals surface area contributed by atoms with E-state index in [9.17, 15) is 19.8 Å². The summed E-state index contributed by atoms with van der Waals surface area (Å²) in [5.74, 6) is -0.406. The molecule has 0 amide bonds. The van der Waals surface area contributed by atoms with Crippen molar-refractivity contribution in [3.05, 3.63) is 41.5 Å². The Bertz CT molecular complexity index is 760. The molecule has 0 radical (unpaired) electrons. The Hall–Kier alpha value is -2.60. The molecule has 0 bridgehead atoms. The van der Waals surface area contributed by atoms with Crippen LogP contribution in [0.3, 0.4) is 0 Å². The van der Waals surface area contributed by atoms with Crippen molar-refractivity contribution in [1.82, 2.24) is 0 Å². The number of phenols is 1. The van der Waals surface area contributed by atoms with Gasteiger partial charge < -0.3 is 19.7 Å². The van der Waals surface area contributed by atoms with Crippen molar-refractivity contribution >= 4 is 17.8 Å². The lowest BCUT2D eigenvalue weighted by molar-refractivity contribution is -0.157. The zero-order valence-corrected chi connectivity index (χ0v) is 15.4. The lowest BCUT2D eigenvalue weighted by Gasteiger charge is -2.33. The number of rotatable bonds is 4. The van der Waals surface area contributed by atoms with Gasteiger partial charge in [0.15, 0.2) is 17.3 Å². The van der Waals surface area contributed by atoms with Crippen molar-refractivity contribution in [2.24, 2.45) is 5.41 Å². The molecule has 1 aliphatic carbocycles. The summed E-state index contributed by atoms with van der Waals surface area (Å²) in [6.45, 7) is 5.21. The minimum absolute atomic E-state index is 0.00220. The molecule has 2 atom stereocenters. The number of carbonyl (C=O) groups excluding carboxylic acids is 2. The summed E-state index contributed by atoms with van der Waals surface area (Å²) < 4.78 is 10.5. The second-order valence-electron chi connectivity index (χ2n) is 7.05. The Kier molecular flexibility index (Phi) is 5.87. The number of hydrogen-bond acceptors (Lipinski definition) is 6. The van der Waals surface area contributed by atoms with E-state index >= 15 is 0 Å². The fourth-order valence-electron chi connectivity index (χ4n) is 2.91. The molecule has 6 nitrogen and oxygen atoms in total. The van der Waals surface area contributed by atoms with Crippen molar-refractivity contribution in [2.45, 2.75) is 39.4 Å². The highest BCUT2D eigenvalue weighted by Gasteiger charge is 2.41. The van der Waals surface area contributed by atoms with Gasteiger partial charge in [0.25, 0.3) is 0 Å². The molecule has 1 aromatic rings. The molecule has 0 spiro atoms. The number of aromatic hydroxyl groups is 1. The van der Waals surface area contributed by atoms with Crippen LogP contribution in [0.5, 0.6) is 11.5 Å². The molecular weight excluding hydrogens is 336 g/mol. The number of methoxy groups -OCH3 is 1. The van der Waals surface area contributed by atoms with E-state index in [-0.39, 0.29) is 18.0 Å². The number of phenolic OH excluding ortho intramolecular Hbond substituents is 1. The quantitative estimate of drug-likeness (QED) is 0.633. The first-order valence-corrected chi connectivity index (χ1v) is 8.29. The molecule has 0 fully saturated rings. The maximum absolute atomic E-state index is 12.2. The van der Waals surface area contributed by atoms with Gasteiger partial charge in [-0.1, -0.05) is 19.9 Å². The Balaban J connectivity index is 2.14. The number of aliphatic hydroxyl groups excluding tert-OH is 1. The first-order chi connectivity index (χ1) is 12.1. The van der Waals surface area contributed by atoms with E-state index in [4.69, 9.17) is 9.47 Å². The monoisotopic (exact) mass is 360 g/mol. The molecule has 0 heterocycles. The minimum atomic E-state index is -1.05. The van der Waals surface area contributed by atoms with E-state index in [0.29, 0.717) is 16.9 Å². The summed E-state index contributed by atoms with van der Waals surface area (Å²) in [4.78, 5) is 24.2. The van der Waals surface area contributed by atoms with Gasteiger partial charge >= 0.3 is 5.97 Å². The van der Waals surface area contributed by atoms with Crippen LogP contribution in [-0.4, -0.2) is 41.3 Å². The first kappa shape index (κ1) is 19.7. The molecule has 26 heavy (non-hydrogen) atoms. The lowest BCUT2D eigenvalue weighted by Crippen LogP contribution is -2.41. The molecule has 0 aromatic heterocycles. The summed E-state index contributed by atoms with van der Waals surface area (Å²) in [6, 6.07) is 4.66. The minimum Gasteiger partial charge on any atom is -0.504 e. The number of ether oxygens (including phenoxy) is 2. The molecule has 0 saturated carbocycles. The van der Waals surface area contributed by atoms with Crippen LogP contribution >= 0.6 is 0 Å². The van der Waals surface area contributed by atoms with Gasteiger partial charge in [0.05, 0.1) is 7.11 Å². The van der Waals surface area contributed by atoms with Gasteiger partial charge in [0, 0.05) is 17.9 Å². The van der Waals surface area contributed by atoms with E-state index < -0.39 is 23.6 Å². The van der Waals surface area contributed by atoms with Crippen molar-refractivity contribution in [1.29, 1.82) is 0 Å². The fraction of sp³-hybridized carbons (Fsp3) is 0.400. The van der Waals surface area contributed by atoms with Crippen molar-refractivity contribution < 1.29 is 29.3 Å². The summed E-state index contributed by atoms with van der Waals surface area (Å²) in [6.07, 6.45) is 2.48. The highest BCUT2D eigenvalue weighted by molar-refractivity contribution is 5.95. The normalized spacial score (nSPS) is 22.7. The molecule has 1 aliphatic rings. The molecule has 0 aliphatic heterocycles. The summed E-state index contributed by atoms with van der Waals surface area (Å²) >= 11 is 0. The smallest absolute Gasteiger partial charge is 0.331 e. The molecule has 140 valence electrons. The van der Waals surface area contributed by atoms with Gasteiger partial charge in [-0.3, -0.25) is 4.79 Å². The number of benzene rings is 1. The molecule has 2 rings (SSSR count). The Morgan fingerprint density at radius 1 is 1.35 bits per heavy atom. The average molecular weight is 360 g/mol. The van der Waals surface area contributed by atoms with E-state index in [1.165, 1.54) is 31.4 Å². The topological polar surface area (TPSA) is 93.1 Å². The number of ketones is 1. The maximum atomic E-state index is 12.2. The summed E-state index contributed by atoms with van der Waals surface area (Å²) in [7, 11) is 1.43. The fourth-order valence-corrected chi connectivity index (χ4v) is 2.91. The van der Waals surface area contributed by atoms with Gasteiger partial charge in [0.2, 0.25) is 0 Å². The molecule has 2 unspecified atom stereocenters. The predicted molar refractivity (Wildman–Crippen MR) is 96.7 cm³/mol. The van der Waals surface area contributed by atoms with Gasteiger partial charge in [-0.25, -0.2) is 4.79 Å². The number of aliphatic hydroxyl groups is 1. The standard InChI is InChI=1S/C20H24O6/c1-12-9-15(22)19(20(2,3)11-16(12)23)26-18(24)8-6-13-5-7-14(21)17(10-13)25-4/h5-10,15,19,21-22H,11H2,1-4H3. The third-order valence-corrected chi connectivity index (χ3v) is 4.42. The van der Waals surface area contributed by atoms with Gasteiger partial charge in [0.1, 0.15) is 12.2 Å². The van der Waals surface area contributed by atoms with Crippen LogP contribution in [-0.2, 0) is 14.3 Å². The number of hydrogen-bond donors (Lipinski definition) is 2. The average Bonchev–Trinajstić information content (AvgIpc) is 2.64. The highest BCUT2D eigenvalue weighted by atomic mass is 16.6. The number of esters is 1. The zero-order valence-electron chi connectivity index (χ0n) is 15.4. The van der Waals surface area contributed by atoms with Crippen LogP contribution in [0.4, 0.5) is 0 Å². The largest absolute Gasteiger partial charge is 0.504 e. The first-order valence-electron chi connectivity index (χ1n) is 8.29.